The molecule has 1 rings (SSSR count). The molecule has 0 saturated carbocycles. The number of ether oxygens (including phenoxy) is 3. The second kappa shape index (κ2) is 11.7. The summed E-state index contributed by atoms with van der Waals surface area (Å²) in [5.41, 5.74) is -2.12. The van der Waals surface area contributed by atoms with E-state index in [1.807, 2.05) is 0 Å². The molecule has 9 heteroatoms. The van der Waals surface area contributed by atoms with Crippen molar-refractivity contribution in [2.75, 3.05) is 20.3 Å². The van der Waals surface area contributed by atoms with Crippen molar-refractivity contribution >= 4 is 26.2 Å². The Labute approximate surface area is 194 Å². The molecular formula is C23H42N2O6Si. The molecule has 1 aliphatic heterocycles. The van der Waals surface area contributed by atoms with Gasteiger partial charge in [-0.1, -0.05) is 25.7 Å². The van der Waals surface area contributed by atoms with Crippen LogP contribution in [0.3, 0.4) is 0 Å². The lowest BCUT2D eigenvalue weighted by atomic mass is 9.84. The fraction of sp³-hybridized carbons (Fsp3) is 0.783. The third-order valence-corrected chi connectivity index (χ3v) is 7.04. The Morgan fingerprint density at radius 1 is 1.19 bits per heavy atom. The molecule has 184 valence electrons. The fourth-order valence-corrected chi connectivity index (χ4v) is 4.44. The van der Waals surface area contributed by atoms with Crippen molar-refractivity contribution in [1.29, 1.82) is 0 Å². The lowest BCUT2D eigenvalue weighted by Gasteiger charge is -2.41. The number of nitrogens with one attached hydrogen (secondary N) is 1. The summed E-state index contributed by atoms with van der Waals surface area (Å²) in [6.45, 7) is 16.6. The predicted octanol–water partition coefficient (Wildman–Crippen LogP) is 4.72. The van der Waals surface area contributed by atoms with E-state index in [4.69, 9.17) is 14.2 Å². The van der Waals surface area contributed by atoms with E-state index in [0.29, 0.717) is 19.6 Å². The van der Waals surface area contributed by atoms with E-state index in [1.54, 1.807) is 31.7 Å². The van der Waals surface area contributed by atoms with Gasteiger partial charge < -0.3 is 24.4 Å². The topological polar surface area (TPSA) is 94.2 Å². The second-order valence-electron chi connectivity index (χ2n) is 10.7. The molecule has 32 heavy (non-hydrogen) atoms. The highest BCUT2D eigenvalue weighted by Gasteiger charge is 2.45. The van der Waals surface area contributed by atoms with E-state index in [0.717, 1.165) is 18.9 Å². The first-order chi connectivity index (χ1) is 14.7. The zero-order valence-electron chi connectivity index (χ0n) is 20.9. The minimum Gasteiger partial charge on any atom is -0.467 e. The molecule has 1 fully saturated rings. The second-order valence-corrected chi connectivity index (χ2v) is 16.3. The van der Waals surface area contributed by atoms with E-state index in [1.165, 1.54) is 7.11 Å². The molecule has 1 unspecified atom stereocenters. The van der Waals surface area contributed by atoms with Crippen LogP contribution in [0.25, 0.3) is 0 Å². The molecule has 0 aromatic carbocycles. The summed E-state index contributed by atoms with van der Waals surface area (Å²) in [6.07, 6.45) is 3.30. The van der Waals surface area contributed by atoms with Gasteiger partial charge in [-0.05, 0) is 52.5 Å². The minimum absolute atomic E-state index is 0.147. The van der Waals surface area contributed by atoms with Crippen LogP contribution in [0, 0.1) is 0 Å². The molecule has 2 amide bonds. The van der Waals surface area contributed by atoms with Crippen molar-refractivity contribution in [2.24, 2.45) is 0 Å². The maximum Gasteiger partial charge on any atom is 0.409 e. The number of piperidine rings is 1. The molecule has 0 aliphatic carbocycles. The Balaban J connectivity index is 3.07. The summed E-state index contributed by atoms with van der Waals surface area (Å²) < 4.78 is 16.0. The Hall–Kier alpha value is -2.03. The van der Waals surface area contributed by atoms with Gasteiger partial charge in [0.2, 0.25) is 0 Å². The number of esters is 1. The Bertz CT molecular complexity index is 670. The zero-order valence-corrected chi connectivity index (χ0v) is 21.9. The van der Waals surface area contributed by atoms with Gasteiger partial charge >= 0.3 is 18.2 Å². The monoisotopic (exact) mass is 470 g/mol. The average molecular weight is 471 g/mol. The van der Waals surface area contributed by atoms with Crippen LogP contribution in [-0.4, -0.2) is 68.6 Å². The van der Waals surface area contributed by atoms with Crippen LogP contribution >= 0.6 is 0 Å². The summed E-state index contributed by atoms with van der Waals surface area (Å²) >= 11 is 0. The molecule has 1 N–H and O–H groups in total. The number of rotatable bonds is 9. The highest BCUT2D eigenvalue weighted by Crippen LogP contribution is 2.29. The summed E-state index contributed by atoms with van der Waals surface area (Å²) in [5.74, 6) is -0.596. The maximum absolute atomic E-state index is 12.9. The van der Waals surface area contributed by atoms with Crippen LogP contribution in [0.1, 0.15) is 52.9 Å². The number of likely N-dealkylation sites (tertiary alicyclic amines) is 1. The van der Waals surface area contributed by atoms with Crippen molar-refractivity contribution in [3.05, 3.63) is 12.7 Å². The third kappa shape index (κ3) is 9.22. The van der Waals surface area contributed by atoms with Crippen molar-refractivity contribution in [3.8, 4) is 0 Å². The number of carbonyl (C=O) groups excluding carboxylic acids is 3. The highest BCUT2D eigenvalue weighted by atomic mass is 28.3. The number of hydrogen-bond donors (Lipinski definition) is 1. The van der Waals surface area contributed by atoms with Crippen LogP contribution in [0.5, 0.6) is 0 Å². The predicted molar refractivity (Wildman–Crippen MR) is 127 cm³/mol. The standard InChI is InChI=1S/C23H42N2O6Si/c1-9-13-23(19(26)29-5,24-20(27)31-22(2,3)4)17-18-12-10-11-14-25(18)21(28)30-15-16-32(6,7)8/h9,18H,1,10-17H2,2-8H3,(H,24,27)/t18?,23-/m0/s1. The van der Waals surface area contributed by atoms with Crippen LogP contribution in [0.15, 0.2) is 12.7 Å². The zero-order chi connectivity index (χ0) is 24.6. The molecule has 1 saturated heterocycles. The summed E-state index contributed by atoms with van der Waals surface area (Å²) in [4.78, 5) is 40.0. The van der Waals surface area contributed by atoms with Crippen LogP contribution < -0.4 is 5.32 Å². The normalized spacial score (nSPS) is 18.8. The number of carbonyl (C=O) groups is 3. The number of amides is 2. The summed E-state index contributed by atoms with van der Waals surface area (Å²) in [6, 6.07) is 0.608. The molecule has 0 aromatic rings. The molecule has 8 nitrogen and oxygen atoms in total. The molecule has 0 bridgehead atoms. The van der Waals surface area contributed by atoms with Crippen LogP contribution in [-0.2, 0) is 19.0 Å². The van der Waals surface area contributed by atoms with E-state index in [9.17, 15) is 14.4 Å². The summed E-state index contributed by atoms with van der Waals surface area (Å²) in [7, 11) is -0.0489. The summed E-state index contributed by atoms with van der Waals surface area (Å²) in [5, 5.41) is 2.73. The highest BCUT2D eigenvalue weighted by molar-refractivity contribution is 6.76. The molecule has 0 spiro atoms. The SMILES string of the molecule is C=CC[C@@](CC1CCCCN1C(=O)OCC[Si](C)(C)C)(NC(=O)OC(C)(C)C)C(=O)OC. The average Bonchev–Trinajstić information content (AvgIpc) is 2.65. The van der Waals surface area contributed by atoms with Gasteiger partial charge in [-0.2, -0.15) is 0 Å². The van der Waals surface area contributed by atoms with Gasteiger partial charge in [0.1, 0.15) is 11.1 Å². The van der Waals surface area contributed by atoms with Crippen molar-refractivity contribution in [3.63, 3.8) is 0 Å². The molecule has 0 radical (unpaired) electrons. The van der Waals surface area contributed by atoms with Gasteiger partial charge in [0.15, 0.2) is 0 Å². The van der Waals surface area contributed by atoms with Crippen LogP contribution in [0.4, 0.5) is 9.59 Å². The van der Waals surface area contributed by atoms with Crippen molar-refractivity contribution in [2.45, 2.75) is 95.7 Å². The van der Waals surface area contributed by atoms with Gasteiger partial charge in [0, 0.05) is 27.1 Å². The first-order valence-corrected chi connectivity index (χ1v) is 15.1. The van der Waals surface area contributed by atoms with Crippen molar-refractivity contribution in [1.82, 2.24) is 10.2 Å². The number of hydrogen-bond acceptors (Lipinski definition) is 6. The quantitative estimate of drug-likeness (QED) is 0.227. The fourth-order valence-electron chi connectivity index (χ4n) is 3.73. The van der Waals surface area contributed by atoms with Crippen molar-refractivity contribution < 1.29 is 28.6 Å². The van der Waals surface area contributed by atoms with Gasteiger partial charge in [-0.3, -0.25) is 0 Å². The molecular weight excluding hydrogens is 428 g/mol. The van der Waals surface area contributed by atoms with Gasteiger partial charge in [-0.25, -0.2) is 14.4 Å². The Morgan fingerprint density at radius 3 is 2.38 bits per heavy atom. The van der Waals surface area contributed by atoms with E-state index in [2.05, 4.69) is 31.5 Å². The maximum atomic E-state index is 12.9. The largest absolute Gasteiger partial charge is 0.467 e. The minimum atomic E-state index is -1.39. The van der Waals surface area contributed by atoms with Crippen LogP contribution in [0.2, 0.25) is 25.7 Å². The lowest BCUT2D eigenvalue weighted by Crippen LogP contribution is -2.60. The third-order valence-electron chi connectivity index (χ3n) is 5.33. The molecule has 2 atom stereocenters. The van der Waals surface area contributed by atoms with Gasteiger partial charge in [0.05, 0.1) is 13.7 Å². The van der Waals surface area contributed by atoms with E-state index in [-0.39, 0.29) is 25.0 Å². The van der Waals surface area contributed by atoms with Gasteiger partial charge in [-0.15, -0.1) is 6.58 Å². The van der Waals surface area contributed by atoms with E-state index < -0.39 is 31.3 Å². The molecule has 1 heterocycles. The molecule has 0 aromatic heterocycles. The first kappa shape index (κ1) is 28.0. The van der Waals surface area contributed by atoms with E-state index >= 15 is 0 Å². The number of methoxy groups -OCH3 is 1. The Kier molecular flexibility index (Phi) is 10.3. The molecule has 1 aliphatic rings. The number of nitrogens with zero attached hydrogens (tertiary/aromatic N) is 1. The number of alkyl carbamates (subject to hydrolysis) is 1. The first-order valence-electron chi connectivity index (χ1n) is 11.4. The van der Waals surface area contributed by atoms with Gasteiger partial charge in [0.25, 0.3) is 0 Å². The Morgan fingerprint density at radius 2 is 1.84 bits per heavy atom. The lowest BCUT2D eigenvalue weighted by molar-refractivity contribution is -0.149. The smallest absolute Gasteiger partial charge is 0.409 e.